The highest BCUT2D eigenvalue weighted by atomic mass is 32.2. The molecule has 0 radical (unpaired) electrons. The first kappa shape index (κ1) is 11.4. The van der Waals surface area contributed by atoms with Crippen LogP contribution in [-0.4, -0.2) is 24.1 Å². The van der Waals surface area contributed by atoms with Crippen molar-refractivity contribution >= 4 is 11.8 Å². The minimum Gasteiger partial charge on any atom is -0.316 e. The van der Waals surface area contributed by atoms with Crippen LogP contribution in [0.15, 0.2) is 0 Å². The first-order valence-electron chi connectivity index (χ1n) is 5.67. The molecule has 1 rings (SSSR count). The predicted octanol–water partition coefficient (Wildman–Crippen LogP) is 3.05. The van der Waals surface area contributed by atoms with E-state index in [0.29, 0.717) is 0 Å². The standard InChI is InChI=1S/C11H23NS/c1-3-4-5-7-10(12-2)11-8-6-9-13-11/h10-12H,3-9H2,1-2H3. The highest BCUT2D eigenvalue weighted by Crippen LogP contribution is 2.30. The Morgan fingerprint density at radius 2 is 2.31 bits per heavy atom. The molecule has 0 aromatic carbocycles. The SMILES string of the molecule is CCCCCC(NC)C1CCCS1. The van der Waals surface area contributed by atoms with E-state index in [0.717, 1.165) is 11.3 Å². The van der Waals surface area contributed by atoms with Crippen LogP contribution in [-0.2, 0) is 0 Å². The van der Waals surface area contributed by atoms with Crippen molar-refractivity contribution in [3.05, 3.63) is 0 Å². The molecule has 2 heteroatoms. The molecule has 78 valence electrons. The Morgan fingerprint density at radius 3 is 2.85 bits per heavy atom. The van der Waals surface area contributed by atoms with Crippen LogP contribution in [0.4, 0.5) is 0 Å². The van der Waals surface area contributed by atoms with Crippen molar-refractivity contribution in [1.29, 1.82) is 0 Å². The fourth-order valence-corrected chi connectivity index (χ4v) is 3.52. The lowest BCUT2D eigenvalue weighted by atomic mass is 10.0. The molecule has 1 fully saturated rings. The van der Waals surface area contributed by atoms with Gasteiger partial charge in [-0.25, -0.2) is 0 Å². The van der Waals surface area contributed by atoms with E-state index in [1.807, 2.05) is 0 Å². The predicted molar refractivity (Wildman–Crippen MR) is 62.5 cm³/mol. The number of nitrogens with one attached hydrogen (secondary N) is 1. The molecule has 1 aliphatic heterocycles. The van der Waals surface area contributed by atoms with Crippen molar-refractivity contribution in [1.82, 2.24) is 5.32 Å². The minimum absolute atomic E-state index is 0.777. The Morgan fingerprint density at radius 1 is 1.46 bits per heavy atom. The average Bonchev–Trinajstić information content (AvgIpc) is 2.65. The third-order valence-electron chi connectivity index (χ3n) is 2.90. The molecule has 0 amide bonds. The van der Waals surface area contributed by atoms with Crippen LogP contribution in [0.5, 0.6) is 0 Å². The van der Waals surface area contributed by atoms with E-state index in [1.165, 1.54) is 44.3 Å². The molecule has 0 spiro atoms. The largest absolute Gasteiger partial charge is 0.316 e. The van der Waals surface area contributed by atoms with Crippen molar-refractivity contribution in [3.63, 3.8) is 0 Å². The number of thioether (sulfide) groups is 1. The molecule has 1 heterocycles. The van der Waals surface area contributed by atoms with Gasteiger partial charge in [-0.05, 0) is 32.1 Å². The van der Waals surface area contributed by atoms with E-state index in [2.05, 4.69) is 31.1 Å². The summed E-state index contributed by atoms with van der Waals surface area (Å²) < 4.78 is 0. The highest BCUT2D eigenvalue weighted by Gasteiger charge is 2.23. The van der Waals surface area contributed by atoms with Crippen LogP contribution < -0.4 is 5.32 Å². The van der Waals surface area contributed by atoms with Gasteiger partial charge in [-0.15, -0.1) is 0 Å². The van der Waals surface area contributed by atoms with Gasteiger partial charge in [-0.2, -0.15) is 11.8 Å². The minimum atomic E-state index is 0.777. The van der Waals surface area contributed by atoms with Gasteiger partial charge in [-0.3, -0.25) is 0 Å². The lowest BCUT2D eigenvalue weighted by Crippen LogP contribution is -2.34. The number of hydrogen-bond acceptors (Lipinski definition) is 2. The van der Waals surface area contributed by atoms with Crippen LogP contribution in [0.3, 0.4) is 0 Å². The van der Waals surface area contributed by atoms with Gasteiger partial charge in [0.25, 0.3) is 0 Å². The van der Waals surface area contributed by atoms with Gasteiger partial charge >= 0.3 is 0 Å². The fraction of sp³-hybridized carbons (Fsp3) is 1.00. The summed E-state index contributed by atoms with van der Waals surface area (Å²) in [5.41, 5.74) is 0. The van der Waals surface area contributed by atoms with Crippen LogP contribution in [0, 0.1) is 0 Å². The normalized spacial score (nSPS) is 24.9. The molecule has 1 saturated heterocycles. The van der Waals surface area contributed by atoms with Gasteiger partial charge in [0.15, 0.2) is 0 Å². The van der Waals surface area contributed by atoms with Gasteiger partial charge in [0, 0.05) is 11.3 Å². The second-order valence-corrected chi connectivity index (χ2v) is 5.29. The summed E-state index contributed by atoms with van der Waals surface area (Å²) in [5, 5.41) is 4.39. The molecule has 0 saturated carbocycles. The summed E-state index contributed by atoms with van der Waals surface area (Å²) >= 11 is 2.17. The molecule has 2 atom stereocenters. The molecule has 1 aliphatic rings. The summed E-state index contributed by atoms with van der Waals surface area (Å²) in [6, 6.07) is 0.777. The first-order valence-corrected chi connectivity index (χ1v) is 6.72. The molecule has 13 heavy (non-hydrogen) atoms. The summed E-state index contributed by atoms with van der Waals surface area (Å²) in [6.07, 6.45) is 8.38. The zero-order valence-electron chi connectivity index (χ0n) is 9.01. The first-order chi connectivity index (χ1) is 6.38. The van der Waals surface area contributed by atoms with E-state index in [1.54, 1.807) is 0 Å². The summed E-state index contributed by atoms with van der Waals surface area (Å²) in [4.78, 5) is 0. The van der Waals surface area contributed by atoms with Crippen molar-refractivity contribution in [2.75, 3.05) is 12.8 Å². The zero-order valence-corrected chi connectivity index (χ0v) is 9.83. The highest BCUT2D eigenvalue weighted by molar-refractivity contribution is 8.00. The zero-order chi connectivity index (χ0) is 9.52. The number of unbranched alkanes of at least 4 members (excludes halogenated alkanes) is 2. The molecule has 0 aliphatic carbocycles. The van der Waals surface area contributed by atoms with Crippen LogP contribution in [0.25, 0.3) is 0 Å². The van der Waals surface area contributed by atoms with Crippen molar-refractivity contribution in [2.45, 2.75) is 56.7 Å². The second-order valence-electron chi connectivity index (χ2n) is 3.94. The Bertz CT molecular complexity index is 121. The van der Waals surface area contributed by atoms with Crippen LogP contribution in [0.2, 0.25) is 0 Å². The van der Waals surface area contributed by atoms with Gasteiger partial charge in [0.1, 0.15) is 0 Å². The van der Waals surface area contributed by atoms with Crippen molar-refractivity contribution in [3.8, 4) is 0 Å². The van der Waals surface area contributed by atoms with E-state index >= 15 is 0 Å². The van der Waals surface area contributed by atoms with Gasteiger partial charge in [0.05, 0.1) is 0 Å². The van der Waals surface area contributed by atoms with E-state index < -0.39 is 0 Å². The molecule has 0 bridgehead atoms. The second kappa shape index (κ2) is 6.72. The van der Waals surface area contributed by atoms with E-state index in [4.69, 9.17) is 0 Å². The van der Waals surface area contributed by atoms with Crippen LogP contribution >= 0.6 is 11.8 Å². The molecule has 1 N–H and O–H groups in total. The maximum absolute atomic E-state index is 3.48. The Hall–Kier alpha value is 0.310. The molecule has 0 aromatic rings. The summed E-state index contributed by atoms with van der Waals surface area (Å²) in [5.74, 6) is 1.39. The van der Waals surface area contributed by atoms with E-state index in [9.17, 15) is 0 Å². The lowest BCUT2D eigenvalue weighted by molar-refractivity contribution is 0.469. The Balaban J connectivity index is 2.16. The third-order valence-corrected chi connectivity index (χ3v) is 4.42. The molecule has 2 unspecified atom stereocenters. The topological polar surface area (TPSA) is 12.0 Å². The van der Waals surface area contributed by atoms with E-state index in [-0.39, 0.29) is 0 Å². The van der Waals surface area contributed by atoms with Crippen molar-refractivity contribution < 1.29 is 0 Å². The number of rotatable bonds is 6. The third kappa shape index (κ3) is 3.90. The quantitative estimate of drug-likeness (QED) is 0.663. The summed E-state index contributed by atoms with van der Waals surface area (Å²) in [6.45, 7) is 2.28. The smallest absolute Gasteiger partial charge is 0.0201 e. The van der Waals surface area contributed by atoms with Crippen LogP contribution in [0.1, 0.15) is 45.4 Å². The molecular formula is C11H23NS. The summed E-state index contributed by atoms with van der Waals surface area (Å²) in [7, 11) is 2.12. The van der Waals surface area contributed by atoms with Crippen molar-refractivity contribution in [2.24, 2.45) is 0 Å². The number of hydrogen-bond donors (Lipinski definition) is 1. The van der Waals surface area contributed by atoms with Gasteiger partial charge < -0.3 is 5.32 Å². The average molecular weight is 201 g/mol. The Labute approximate surface area is 87.1 Å². The lowest BCUT2D eigenvalue weighted by Gasteiger charge is -2.22. The Kier molecular flexibility index (Phi) is 5.88. The van der Waals surface area contributed by atoms with Gasteiger partial charge in [0.2, 0.25) is 0 Å². The molecule has 0 aromatic heterocycles. The monoisotopic (exact) mass is 201 g/mol. The maximum Gasteiger partial charge on any atom is 0.0201 e. The maximum atomic E-state index is 3.48. The molecular weight excluding hydrogens is 178 g/mol. The molecule has 1 nitrogen and oxygen atoms in total. The fourth-order valence-electron chi connectivity index (χ4n) is 2.05. The van der Waals surface area contributed by atoms with Gasteiger partial charge in [-0.1, -0.05) is 26.2 Å².